The molecule has 1 aliphatic rings. The normalized spacial score (nSPS) is 22.4. The van der Waals surface area contributed by atoms with Gasteiger partial charge in [0.15, 0.2) is 11.6 Å². The second-order valence-corrected chi connectivity index (χ2v) is 5.14. The topological polar surface area (TPSA) is 47.3 Å². The Morgan fingerprint density at radius 2 is 2.17 bits per heavy atom. The van der Waals surface area contributed by atoms with E-state index in [2.05, 4.69) is 12.2 Å². The van der Waals surface area contributed by atoms with E-state index in [1.165, 1.54) is 6.07 Å². The fourth-order valence-electron chi connectivity index (χ4n) is 2.26. The molecule has 1 aliphatic carbocycles. The minimum Gasteiger partial charge on any atom is -0.490 e. The molecular formula is C14H21FN2O. The van der Waals surface area contributed by atoms with Crippen molar-refractivity contribution in [3.63, 3.8) is 0 Å². The first-order valence-electron chi connectivity index (χ1n) is 6.58. The monoisotopic (exact) mass is 252 g/mol. The van der Waals surface area contributed by atoms with E-state index >= 15 is 0 Å². The lowest BCUT2D eigenvalue weighted by molar-refractivity contribution is 0.300. The number of ether oxygens (including phenoxy) is 1. The molecule has 2 rings (SSSR count). The zero-order valence-corrected chi connectivity index (χ0v) is 11.0. The van der Waals surface area contributed by atoms with E-state index in [1.807, 2.05) is 6.92 Å². The summed E-state index contributed by atoms with van der Waals surface area (Å²) < 4.78 is 19.0. The van der Waals surface area contributed by atoms with Crippen LogP contribution in [-0.2, 0) is 0 Å². The lowest BCUT2D eigenvalue weighted by Gasteiger charge is -2.34. The third-order valence-corrected chi connectivity index (χ3v) is 3.30. The molecule has 100 valence electrons. The Hall–Kier alpha value is -1.45. The van der Waals surface area contributed by atoms with Crippen LogP contribution in [0.3, 0.4) is 0 Å². The van der Waals surface area contributed by atoms with Gasteiger partial charge in [-0.1, -0.05) is 13.8 Å². The zero-order chi connectivity index (χ0) is 13.1. The predicted octanol–water partition coefficient (Wildman–Crippen LogP) is 3.41. The Bertz CT molecular complexity index is 417. The van der Waals surface area contributed by atoms with Crippen molar-refractivity contribution < 1.29 is 9.13 Å². The average Bonchev–Trinajstić information content (AvgIpc) is 2.28. The molecule has 0 saturated heterocycles. The summed E-state index contributed by atoms with van der Waals surface area (Å²) in [6.07, 6.45) is 3.14. The minimum atomic E-state index is -0.395. The Balaban J connectivity index is 2.08. The highest BCUT2D eigenvalue weighted by molar-refractivity contribution is 5.69. The molecule has 0 unspecified atom stereocenters. The van der Waals surface area contributed by atoms with Crippen molar-refractivity contribution in [2.24, 2.45) is 5.92 Å². The molecule has 1 saturated carbocycles. The molecular weight excluding hydrogens is 231 g/mol. The fourth-order valence-corrected chi connectivity index (χ4v) is 2.26. The Morgan fingerprint density at radius 3 is 2.78 bits per heavy atom. The molecule has 3 N–H and O–H groups in total. The van der Waals surface area contributed by atoms with Gasteiger partial charge in [0.1, 0.15) is 0 Å². The van der Waals surface area contributed by atoms with Crippen molar-refractivity contribution in [2.45, 2.75) is 39.2 Å². The lowest BCUT2D eigenvalue weighted by Crippen LogP contribution is -2.34. The van der Waals surface area contributed by atoms with E-state index in [1.54, 1.807) is 6.07 Å². The molecule has 0 atom stereocenters. The third kappa shape index (κ3) is 2.86. The summed E-state index contributed by atoms with van der Waals surface area (Å²) >= 11 is 0. The van der Waals surface area contributed by atoms with Crippen molar-refractivity contribution in [2.75, 3.05) is 17.7 Å². The Kier molecular flexibility index (Phi) is 3.94. The van der Waals surface area contributed by atoms with Gasteiger partial charge in [-0.15, -0.1) is 0 Å². The van der Waals surface area contributed by atoms with E-state index < -0.39 is 5.82 Å². The highest BCUT2D eigenvalue weighted by atomic mass is 19.1. The number of halogens is 1. The van der Waals surface area contributed by atoms with Crippen LogP contribution in [0.15, 0.2) is 12.1 Å². The highest BCUT2D eigenvalue weighted by Crippen LogP contribution is 2.34. The van der Waals surface area contributed by atoms with Crippen LogP contribution in [0.4, 0.5) is 15.8 Å². The predicted molar refractivity (Wildman–Crippen MR) is 72.4 cm³/mol. The first-order valence-corrected chi connectivity index (χ1v) is 6.58. The number of anilines is 2. The molecule has 0 amide bonds. The number of hydrogen-bond donors (Lipinski definition) is 2. The van der Waals surface area contributed by atoms with Gasteiger partial charge in [-0.25, -0.2) is 4.39 Å². The van der Waals surface area contributed by atoms with Crippen LogP contribution >= 0.6 is 0 Å². The average molecular weight is 252 g/mol. The van der Waals surface area contributed by atoms with Gasteiger partial charge in [0.05, 0.1) is 18.0 Å². The number of nitrogens with two attached hydrogens (primary N) is 1. The number of nitrogens with one attached hydrogen (secondary N) is 1. The van der Waals surface area contributed by atoms with Gasteiger partial charge in [0, 0.05) is 18.2 Å². The van der Waals surface area contributed by atoms with Crippen molar-refractivity contribution in [3.8, 4) is 5.75 Å². The standard InChI is InChI=1S/C14H21FN2O/c1-3-4-18-14-8-13(12(16)7-11(14)15)17-10-5-9(2)6-10/h7-10,17H,3-6,16H2,1-2H3. The van der Waals surface area contributed by atoms with E-state index in [0.717, 1.165) is 30.9 Å². The van der Waals surface area contributed by atoms with E-state index in [9.17, 15) is 4.39 Å². The number of nitrogen functional groups attached to an aromatic ring is 1. The van der Waals surface area contributed by atoms with Crippen molar-refractivity contribution >= 4 is 11.4 Å². The summed E-state index contributed by atoms with van der Waals surface area (Å²) in [5.41, 5.74) is 7.04. The van der Waals surface area contributed by atoms with Crippen molar-refractivity contribution in [1.82, 2.24) is 0 Å². The van der Waals surface area contributed by atoms with Crippen LogP contribution in [0.5, 0.6) is 5.75 Å². The maximum absolute atomic E-state index is 13.6. The maximum Gasteiger partial charge on any atom is 0.167 e. The summed E-state index contributed by atoms with van der Waals surface area (Å²) in [4.78, 5) is 0. The minimum absolute atomic E-state index is 0.279. The molecule has 1 fully saturated rings. The lowest BCUT2D eigenvalue weighted by atomic mass is 9.82. The van der Waals surface area contributed by atoms with Crippen LogP contribution in [0.1, 0.15) is 33.1 Å². The Morgan fingerprint density at radius 1 is 1.44 bits per heavy atom. The molecule has 4 heteroatoms. The second kappa shape index (κ2) is 5.46. The van der Waals surface area contributed by atoms with E-state index in [4.69, 9.17) is 10.5 Å². The SMILES string of the molecule is CCCOc1cc(NC2CC(C)C2)c(N)cc1F. The molecule has 0 aromatic heterocycles. The largest absolute Gasteiger partial charge is 0.490 e. The van der Waals surface area contributed by atoms with Crippen LogP contribution in [0.2, 0.25) is 0 Å². The van der Waals surface area contributed by atoms with Crippen molar-refractivity contribution in [1.29, 1.82) is 0 Å². The first-order chi connectivity index (χ1) is 8.60. The molecule has 0 aliphatic heterocycles. The molecule has 3 nitrogen and oxygen atoms in total. The zero-order valence-electron chi connectivity index (χ0n) is 11.0. The fraction of sp³-hybridized carbons (Fsp3) is 0.571. The summed E-state index contributed by atoms with van der Waals surface area (Å²) in [5.74, 6) is 0.648. The molecule has 0 spiro atoms. The van der Waals surface area contributed by atoms with Gasteiger partial charge < -0.3 is 15.8 Å². The van der Waals surface area contributed by atoms with Crippen molar-refractivity contribution in [3.05, 3.63) is 17.9 Å². The van der Waals surface area contributed by atoms with Gasteiger partial charge in [-0.3, -0.25) is 0 Å². The summed E-state index contributed by atoms with van der Waals surface area (Å²) in [5, 5.41) is 3.35. The highest BCUT2D eigenvalue weighted by Gasteiger charge is 2.25. The van der Waals surface area contributed by atoms with E-state index in [0.29, 0.717) is 18.3 Å². The molecule has 0 radical (unpaired) electrons. The van der Waals surface area contributed by atoms with Crippen LogP contribution in [0.25, 0.3) is 0 Å². The molecule has 1 aromatic rings. The second-order valence-electron chi connectivity index (χ2n) is 5.14. The van der Waals surface area contributed by atoms with Gasteiger partial charge >= 0.3 is 0 Å². The molecule has 0 heterocycles. The van der Waals surface area contributed by atoms with Crippen LogP contribution in [0, 0.1) is 11.7 Å². The first kappa shape index (κ1) is 13.0. The van der Waals surface area contributed by atoms with E-state index in [-0.39, 0.29) is 5.75 Å². The third-order valence-electron chi connectivity index (χ3n) is 3.30. The number of rotatable bonds is 5. The Labute approximate surface area is 108 Å². The summed E-state index contributed by atoms with van der Waals surface area (Å²) in [6, 6.07) is 3.45. The van der Waals surface area contributed by atoms with Gasteiger partial charge in [0.2, 0.25) is 0 Å². The molecule has 0 bridgehead atoms. The molecule has 18 heavy (non-hydrogen) atoms. The van der Waals surface area contributed by atoms with Gasteiger partial charge in [-0.2, -0.15) is 0 Å². The quantitative estimate of drug-likeness (QED) is 0.789. The summed E-state index contributed by atoms with van der Waals surface area (Å²) in [7, 11) is 0. The summed E-state index contributed by atoms with van der Waals surface area (Å²) in [6.45, 7) is 4.73. The smallest absolute Gasteiger partial charge is 0.167 e. The molecule has 1 aromatic carbocycles. The van der Waals surface area contributed by atoms with Gasteiger partial charge in [0.25, 0.3) is 0 Å². The van der Waals surface area contributed by atoms with Crippen LogP contribution < -0.4 is 15.8 Å². The maximum atomic E-state index is 13.6. The van der Waals surface area contributed by atoms with Gasteiger partial charge in [-0.05, 0) is 25.2 Å². The number of benzene rings is 1. The number of hydrogen-bond acceptors (Lipinski definition) is 3. The van der Waals surface area contributed by atoms with Crippen LogP contribution in [-0.4, -0.2) is 12.6 Å².